The molecule has 0 heterocycles. The zero-order valence-electron chi connectivity index (χ0n) is 8.56. The van der Waals surface area contributed by atoms with E-state index in [1.54, 1.807) is 0 Å². The predicted molar refractivity (Wildman–Crippen MR) is 51.9 cm³/mol. The molecular formula is C10H18FNO. The minimum atomic E-state index is -0.915. The van der Waals surface area contributed by atoms with Crippen LogP contribution in [0.4, 0.5) is 4.39 Å². The lowest BCUT2D eigenvalue weighted by atomic mass is 9.97. The molecule has 76 valence electrons. The first-order valence-corrected chi connectivity index (χ1v) is 4.68. The average Bonchev–Trinajstić information content (AvgIpc) is 2.12. The van der Waals surface area contributed by atoms with E-state index < -0.39 is 11.7 Å². The zero-order chi connectivity index (χ0) is 10.4. The highest BCUT2D eigenvalue weighted by Gasteiger charge is 2.17. The molecule has 0 spiro atoms. The summed E-state index contributed by atoms with van der Waals surface area (Å²) in [5.74, 6) is -1.23. The predicted octanol–water partition coefficient (Wildman–Crippen LogP) is 2.41. The van der Waals surface area contributed by atoms with Crippen LogP contribution in [0.2, 0.25) is 0 Å². The minimum absolute atomic E-state index is 0.0463. The number of hydrogen-bond donors (Lipinski definition) is 1. The Labute approximate surface area is 79.2 Å². The van der Waals surface area contributed by atoms with Gasteiger partial charge in [-0.3, -0.25) is 4.79 Å². The first-order chi connectivity index (χ1) is 6.02. The lowest BCUT2D eigenvalue weighted by molar-refractivity contribution is -0.119. The molecule has 0 aliphatic rings. The fraction of sp³-hybridized carbons (Fsp3) is 0.700. The zero-order valence-corrected chi connectivity index (χ0v) is 8.56. The monoisotopic (exact) mass is 187 g/mol. The number of hydrogen-bond acceptors (Lipinski definition) is 1. The highest BCUT2D eigenvalue weighted by Crippen LogP contribution is 2.11. The van der Waals surface area contributed by atoms with Crippen LogP contribution < -0.4 is 5.32 Å². The van der Waals surface area contributed by atoms with Crippen molar-refractivity contribution in [2.24, 2.45) is 5.92 Å². The van der Waals surface area contributed by atoms with Crippen LogP contribution in [0.3, 0.4) is 0 Å². The van der Waals surface area contributed by atoms with Gasteiger partial charge in [0.15, 0.2) is 5.83 Å². The van der Waals surface area contributed by atoms with Crippen LogP contribution in [-0.4, -0.2) is 11.9 Å². The van der Waals surface area contributed by atoms with Crippen molar-refractivity contribution in [3.63, 3.8) is 0 Å². The summed E-state index contributed by atoms with van der Waals surface area (Å²) >= 11 is 0. The Morgan fingerprint density at radius 3 is 2.31 bits per heavy atom. The van der Waals surface area contributed by atoms with Gasteiger partial charge in [-0.05, 0) is 12.3 Å². The molecular weight excluding hydrogens is 169 g/mol. The number of amides is 1. The van der Waals surface area contributed by atoms with Crippen LogP contribution in [0.1, 0.15) is 33.6 Å². The van der Waals surface area contributed by atoms with E-state index in [-0.39, 0.29) is 6.04 Å². The molecule has 0 aromatic heterocycles. The van der Waals surface area contributed by atoms with Gasteiger partial charge in [-0.1, -0.05) is 33.8 Å². The van der Waals surface area contributed by atoms with E-state index in [0.717, 1.165) is 12.8 Å². The van der Waals surface area contributed by atoms with Gasteiger partial charge in [-0.15, -0.1) is 0 Å². The van der Waals surface area contributed by atoms with Gasteiger partial charge in [-0.2, -0.15) is 0 Å². The van der Waals surface area contributed by atoms with Gasteiger partial charge in [0.2, 0.25) is 0 Å². The fourth-order valence-electron chi connectivity index (χ4n) is 1.18. The molecule has 0 saturated carbocycles. The van der Waals surface area contributed by atoms with Crippen molar-refractivity contribution >= 4 is 5.91 Å². The molecule has 2 nitrogen and oxygen atoms in total. The van der Waals surface area contributed by atoms with E-state index in [1.807, 2.05) is 20.8 Å². The van der Waals surface area contributed by atoms with Crippen molar-refractivity contribution in [3.8, 4) is 0 Å². The maximum atomic E-state index is 12.4. The Morgan fingerprint density at radius 2 is 2.00 bits per heavy atom. The number of halogens is 1. The number of nitrogens with one attached hydrogen (secondary N) is 1. The van der Waals surface area contributed by atoms with Crippen LogP contribution in [0.25, 0.3) is 0 Å². The topological polar surface area (TPSA) is 29.1 Å². The fourth-order valence-corrected chi connectivity index (χ4v) is 1.18. The molecule has 3 heteroatoms. The lowest BCUT2D eigenvalue weighted by Gasteiger charge is -2.22. The van der Waals surface area contributed by atoms with Gasteiger partial charge in [0.05, 0.1) is 0 Å². The maximum absolute atomic E-state index is 12.4. The molecule has 0 saturated heterocycles. The summed E-state index contributed by atoms with van der Waals surface area (Å²) in [7, 11) is 0. The van der Waals surface area contributed by atoms with Gasteiger partial charge in [0.25, 0.3) is 5.91 Å². The summed E-state index contributed by atoms with van der Waals surface area (Å²) in [5.41, 5.74) is 0. The standard InChI is InChI=1S/C10H18FNO/c1-5-7(3)9(6-2)12-10(13)8(4)11/h7,9H,4-6H2,1-3H3,(H,12,13)/t7-,9+/m1/s1. The second kappa shape index (κ2) is 5.73. The molecule has 0 radical (unpaired) electrons. The summed E-state index contributed by atoms with van der Waals surface area (Å²) in [6.07, 6.45) is 1.78. The third-order valence-electron chi connectivity index (χ3n) is 2.33. The smallest absolute Gasteiger partial charge is 0.279 e. The average molecular weight is 187 g/mol. The van der Waals surface area contributed by atoms with Crippen LogP contribution in [0, 0.1) is 5.92 Å². The van der Waals surface area contributed by atoms with Crippen molar-refractivity contribution in [1.29, 1.82) is 0 Å². The van der Waals surface area contributed by atoms with Gasteiger partial charge in [0, 0.05) is 6.04 Å². The van der Waals surface area contributed by atoms with E-state index in [0.29, 0.717) is 5.92 Å². The van der Waals surface area contributed by atoms with Crippen molar-refractivity contribution in [2.45, 2.75) is 39.7 Å². The van der Waals surface area contributed by atoms with E-state index in [9.17, 15) is 9.18 Å². The quantitative estimate of drug-likeness (QED) is 0.658. The van der Waals surface area contributed by atoms with Crippen molar-refractivity contribution in [2.75, 3.05) is 0 Å². The van der Waals surface area contributed by atoms with Crippen LogP contribution >= 0.6 is 0 Å². The first-order valence-electron chi connectivity index (χ1n) is 4.68. The lowest BCUT2D eigenvalue weighted by Crippen LogP contribution is -2.38. The molecule has 0 aliphatic heterocycles. The summed E-state index contributed by atoms with van der Waals surface area (Å²) < 4.78 is 12.4. The number of carbonyl (C=O) groups is 1. The molecule has 0 aliphatic carbocycles. The largest absolute Gasteiger partial charge is 0.347 e. The van der Waals surface area contributed by atoms with Crippen LogP contribution in [-0.2, 0) is 4.79 Å². The SMILES string of the molecule is C=C(F)C(=O)N[C@@H](CC)[C@H](C)CC. The molecule has 0 aromatic carbocycles. The third kappa shape index (κ3) is 4.06. The van der Waals surface area contributed by atoms with E-state index in [4.69, 9.17) is 0 Å². The van der Waals surface area contributed by atoms with Gasteiger partial charge in [-0.25, -0.2) is 4.39 Å². The van der Waals surface area contributed by atoms with Crippen molar-refractivity contribution < 1.29 is 9.18 Å². The molecule has 13 heavy (non-hydrogen) atoms. The van der Waals surface area contributed by atoms with Crippen molar-refractivity contribution in [1.82, 2.24) is 5.32 Å². The highest BCUT2D eigenvalue weighted by atomic mass is 19.1. The summed E-state index contributed by atoms with van der Waals surface area (Å²) in [4.78, 5) is 10.9. The van der Waals surface area contributed by atoms with Gasteiger partial charge < -0.3 is 5.32 Å². The second-order valence-electron chi connectivity index (χ2n) is 3.28. The van der Waals surface area contributed by atoms with Crippen molar-refractivity contribution in [3.05, 3.63) is 12.4 Å². The third-order valence-corrected chi connectivity index (χ3v) is 2.33. The van der Waals surface area contributed by atoms with Crippen LogP contribution in [0.15, 0.2) is 12.4 Å². The number of carbonyl (C=O) groups excluding carboxylic acids is 1. The molecule has 0 bridgehead atoms. The minimum Gasteiger partial charge on any atom is -0.347 e. The first kappa shape index (κ1) is 12.1. The Balaban J connectivity index is 4.12. The molecule has 1 amide bonds. The molecule has 0 unspecified atom stereocenters. The Kier molecular flexibility index (Phi) is 5.35. The maximum Gasteiger partial charge on any atom is 0.279 e. The summed E-state index contributed by atoms with van der Waals surface area (Å²) in [6, 6.07) is 0.0463. The van der Waals surface area contributed by atoms with Gasteiger partial charge in [0.1, 0.15) is 0 Å². The van der Waals surface area contributed by atoms with E-state index >= 15 is 0 Å². The molecule has 0 aromatic rings. The Bertz CT molecular complexity index is 191. The summed E-state index contributed by atoms with van der Waals surface area (Å²) in [6.45, 7) is 9.00. The summed E-state index contributed by atoms with van der Waals surface area (Å²) in [5, 5.41) is 2.60. The Morgan fingerprint density at radius 1 is 1.46 bits per heavy atom. The number of rotatable bonds is 5. The normalized spacial score (nSPS) is 14.8. The molecule has 2 atom stereocenters. The molecule has 0 fully saturated rings. The van der Waals surface area contributed by atoms with Crippen LogP contribution in [0.5, 0.6) is 0 Å². The molecule has 1 N–H and O–H groups in total. The van der Waals surface area contributed by atoms with Gasteiger partial charge >= 0.3 is 0 Å². The van der Waals surface area contributed by atoms with E-state index in [1.165, 1.54) is 0 Å². The molecule has 0 rings (SSSR count). The van der Waals surface area contributed by atoms with E-state index in [2.05, 4.69) is 11.9 Å². The second-order valence-corrected chi connectivity index (χ2v) is 3.28. The Hall–Kier alpha value is -0.860. The highest BCUT2D eigenvalue weighted by molar-refractivity contribution is 5.90.